The molecule has 3 aromatic rings. The van der Waals surface area contributed by atoms with Gasteiger partial charge in [-0.15, -0.1) is 0 Å². The monoisotopic (exact) mass is 437 g/mol. The number of carbonyl (C=O) groups excluding carboxylic acids is 1. The molecule has 11 heteroatoms. The second kappa shape index (κ2) is 9.11. The van der Waals surface area contributed by atoms with Crippen LogP contribution in [0.1, 0.15) is 29.8 Å². The average molecular weight is 437 g/mol. The maximum atomic E-state index is 14.0. The summed E-state index contributed by atoms with van der Waals surface area (Å²) in [4.78, 5) is 19.4. The third kappa shape index (κ3) is 4.98. The van der Waals surface area contributed by atoms with Crippen molar-refractivity contribution in [2.75, 3.05) is 13.2 Å². The lowest BCUT2D eigenvalue weighted by atomic mass is 10.1. The molecule has 1 aromatic carbocycles. The van der Waals surface area contributed by atoms with Gasteiger partial charge in [-0.25, -0.2) is 9.37 Å². The summed E-state index contributed by atoms with van der Waals surface area (Å²) >= 11 is 0. The number of para-hydroxylation sites is 1. The Morgan fingerprint density at radius 3 is 2.52 bits per heavy atom. The van der Waals surface area contributed by atoms with E-state index >= 15 is 0 Å². The predicted molar refractivity (Wildman–Crippen MR) is 102 cm³/mol. The van der Waals surface area contributed by atoms with Crippen LogP contribution >= 0.6 is 0 Å². The van der Waals surface area contributed by atoms with Crippen molar-refractivity contribution in [3.63, 3.8) is 0 Å². The fourth-order valence-electron chi connectivity index (χ4n) is 2.96. The number of hydrogen-bond donors (Lipinski definition) is 0. The van der Waals surface area contributed by atoms with Crippen molar-refractivity contribution in [2.24, 2.45) is 0 Å². The van der Waals surface area contributed by atoms with Crippen LogP contribution in [0.3, 0.4) is 0 Å². The number of nitrogens with zero attached hydrogens (tertiary/aromatic N) is 5. The number of hydrogen-bond acceptors (Lipinski definition) is 5. The zero-order valence-corrected chi connectivity index (χ0v) is 16.7. The van der Waals surface area contributed by atoms with Crippen LogP contribution in [0.4, 0.5) is 17.6 Å². The number of alkyl halides is 3. The molecule has 0 aliphatic carbocycles. The first-order chi connectivity index (χ1) is 14.7. The van der Waals surface area contributed by atoms with Crippen molar-refractivity contribution in [1.29, 1.82) is 0 Å². The summed E-state index contributed by atoms with van der Waals surface area (Å²) in [5.41, 5.74) is -0.370. The van der Waals surface area contributed by atoms with Crippen molar-refractivity contribution in [3.05, 3.63) is 65.9 Å². The molecule has 0 saturated heterocycles. The number of benzene rings is 1. The van der Waals surface area contributed by atoms with Crippen LogP contribution in [-0.2, 0) is 6.18 Å². The number of aromatic nitrogens is 4. The van der Waals surface area contributed by atoms with Crippen LogP contribution < -0.4 is 4.74 Å². The van der Waals surface area contributed by atoms with Gasteiger partial charge in [0.1, 0.15) is 6.61 Å². The molecule has 3 rings (SSSR count). The summed E-state index contributed by atoms with van der Waals surface area (Å²) in [5, 5.41) is 8.10. The van der Waals surface area contributed by atoms with Crippen molar-refractivity contribution in [3.8, 4) is 11.6 Å². The Morgan fingerprint density at radius 2 is 1.90 bits per heavy atom. The normalized spacial score (nSPS) is 12.5. The minimum Gasteiger partial charge on any atom is -0.473 e. The molecular weight excluding hydrogens is 418 g/mol. The topological polar surface area (TPSA) is 73.1 Å². The molecule has 1 amide bonds. The highest BCUT2D eigenvalue weighted by atomic mass is 19.4. The van der Waals surface area contributed by atoms with E-state index in [1.54, 1.807) is 38.1 Å². The number of pyridine rings is 1. The number of ether oxygens (including phenoxy) is 1. The minimum absolute atomic E-state index is 0.170. The lowest BCUT2D eigenvalue weighted by Crippen LogP contribution is -2.42. The quantitative estimate of drug-likeness (QED) is 0.527. The smallest absolute Gasteiger partial charge is 0.417 e. The standard InChI is InChI=1S/C20H19F4N5O2/c1-3-28(19(30)15-6-4-5-7-17(15)29-26-8-9-27-29)13(2)12-31-18-16(21)10-14(11-25-18)20(22,23)24/h4-11,13H,3,12H2,1-2H3. The molecule has 0 saturated carbocycles. The van der Waals surface area contributed by atoms with E-state index in [-0.39, 0.29) is 12.5 Å². The summed E-state index contributed by atoms with van der Waals surface area (Å²) in [6.07, 6.45) is -1.23. The summed E-state index contributed by atoms with van der Waals surface area (Å²) in [7, 11) is 0. The van der Waals surface area contributed by atoms with E-state index in [1.807, 2.05) is 0 Å². The molecular formula is C20H19F4N5O2. The third-order valence-corrected chi connectivity index (χ3v) is 4.50. The molecule has 164 valence electrons. The Kier molecular flexibility index (Phi) is 6.52. The van der Waals surface area contributed by atoms with Gasteiger partial charge >= 0.3 is 6.18 Å². The molecule has 0 bridgehead atoms. The molecule has 31 heavy (non-hydrogen) atoms. The van der Waals surface area contributed by atoms with Crippen molar-refractivity contribution < 1.29 is 27.1 Å². The van der Waals surface area contributed by atoms with Gasteiger partial charge in [0.25, 0.3) is 5.91 Å². The number of carbonyl (C=O) groups is 1. The van der Waals surface area contributed by atoms with Gasteiger partial charge in [-0.05, 0) is 32.0 Å². The maximum absolute atomic E-state index is 14.0. The highest BCUT2D eigenvalue weighted by molar-refractivity contribution is 5.97. The summed E-state index contributed by atoms with van der Waals surface area (Å²) in [5.74, 6) is -2.12. The zero-order chi connectivity index (χ0) is 22.6. The summed E-state index contributed by atoms with van der Waals surface area (Å²) in [6.45, 7) is 3.59. The molecule has 0 aliphatic heterocycles. The van der Waals surface area contributed by atoms with Gasteiger partial charge in [0, 0.05) is 12.7 Å². The van der Waals surface area contributed by atoms with Gasteiger partial charge in [-0.2, -0.15) is 28.2 Å². The maximum Gasteiger partial charge on any atom is 0.417 e. The Hall–Kier alpha value is -3.50. The second-order valence-electron chi connectivity index (χ2n) is 6.60. The molecule has 7 nitrogen and oxygen atoms in total. The van der Waals surface area contributed by atoms with Gasteiger partial charge in [0.05, 0.1) is 35.2 Å². The van der Waals surface area contributed by atoms with Crippen molar-refractivity contribution in [1.82, 2.24) is 24.9 Å². The highest BCUT2D eigenvalue weighted by Crippen LogP contribution is 2.30. The van der Waals surface area contributed by atoms with E-state index in [2.05, 4.69) is 15.2 Å². The summed E-state index contributed by atoms with van der Waals surface area (Å²) < 4.78 is 57.2. The van der Waals surface area contributed by atoms with Gasteiger partial charge in [-0.1, -0.05) is 12.1 Å². The number of likely N-dealkylation sites (N-methyl/N-ethyl adjacent to an activating group) is 1. The van der Waals surface area contributed by atoms with Crippen LogP contribution in [0, 0.1) is 5.82 Å². The molecule has 1 atom stereocenters. The lowest BCUT2D eigenvalue weighted by Gasteiger charge is -2.28. The number of halogens is 4. The van der Waals surface area contributed by atoms with Crippen LogP contribution in [0.15, 0.2) is 48.9 Å². The van der Waals surface area contributed by atoms with Crippen molar-refractivity contribution >= 4 is 5.91 Å². The molecule has 2 heterocycles. The zero-order valence-electron chi connectivity index (χ0n) is 16.7. The minimum atomic E-state index is -4.71. The molecule has 0 radical (unpaired) electrons. The van der Waals surface area contributed by atoms with E-state index < -0.39 is 29.5 Å². The van der Waals surface area contributed by atoms with Gasteiger partial charge < -0.3 is 9.64 Å². The van der Waals surface area contributed by atoms with E-state index in [0.717, 1.165) is 0 Å². The van der Waals surface area contributed by atoms with Gasteiger partial charge in [-0.3, -0.25) is 4.79 Å². The van der Waals surface area contributed by atoms with Gasteiger partial charge in [0.15, 0.2) is 5.82 Å². The lowest BCUT2D eigenvalue weighted by molar-refractivity contribution is -0.138. The van der Waals surface area contributed by atoms with E-state index in [4.69, 9.17) is 4.74 Å². The SMILES string of the molecule is CCN(C(=O)c1ccccc1-n1nccn1)C(C)COc1ncc(C(F)(F)F)cc1F. The fraction of sp³-hybridized carbons (Fsp3) is 0.300. The van der Waals surface area contributed by atoms with E-state index in [1.165, 1.54) is 22.1 Å². The first-order valence-electron chi connectivity index (χ1n) is 9.34. The Balaban J connectivity index is 1.74. The summed E-state index contributed by atoms with van der Waals surface area (Å²) in [6, 6.07) is 6.58. The molecule has 0 N–H and O–H groups in total. The third-order valence-electron chi connectivity index (χ3n) is 4.50. The molecule has 1 unspecified atom stereocenters. The van der Waals surface area contributed by atoms with Crippen molar-refractivity contribution in [2.45, 2.75) is 26.1 Å². The fourth-order valence-corrected chi connectivity index (χ4v) is 2.96. The molecule has 0 aliphatic rings. The van der Waals surface area contributed by atoms with Crippen LogP contribution in [0.25, 0.3) is 5.69 Å². The van der Waals surface area contributed by atoms with Crippen LogP contribution in [0.2, 0.25) is 0 Å². The molecule has 0 fully saturated rings. The molecule has 2 aromatic heterocycles. The van der Waals surface area contributed by atoms with Crippen LogP contribution in [0.5, 0.6) is 5.88 Å². The van der Waals surface area contributed by atoms with Crippen LogP contribution in [-0.4, -0.2) is 50.0 Å². The molecule has 0 spiro atoms. The first-order valence-corrected chi connectivity index (χ1v) is 9.34. The Bertz CT molecular complexity index is 1040. The second-order valence-corrected chi connectivity index (χ2v) is 6.60. The Labute approximate surface area is 175 Å². The number of amides is 1. The van der Waals surface area contributed by atoms with E-state index in [9.17, 15) is 22.4 Å². The van der Waals surface area contributed by atoms with E-state index in [0.29, 0.717) is 30.1 Å². The number of rotatable bonds is 7. The average Bonchev–Trinajstić information content (AvgIpc) is 3.27. The Morgan fingerprint density at radius 1 is 1.23 bits per heavy atom. The van der Waals surface area contributed by atoms with Gasteiger partial charge in [0.2, 0.25) is 5.88 Å². The predicted octanol–water partition coefficient (Wildman–Crippen LogP) is 3.75. The highest BCUT2D eigenvalue weighted by Gasteiger charge is 2.32. The first kappa shape index (κ1) is 22.2. The largest absolute Gasteiger partial charge is 0.473 e.